The van der Waals surface area contributed by atoms with E-state index in [0.29, 0.717) is 0 Å². The van der Waals surface area contributed by atoms with Gasteiger partial charge < -0.3 is 4.98 Å². The second kappa shape index (κ2) is 7.83. The van der Waals surface area contributed by atoms with E-state index in [9.17, 15) is 8.42 Å². The molecule has 0 saturated carbocycles. The maximum absolute atomic E-state index is 13.1. The zero-order valence-electron chi connectivity index (χ0n) is 14.6. The zero-order chi connectivity index (χ0) is 19.7. The Balaban J connectivity index is 1.82. The topological polar surface area (TPSA) is 62.0 Å². The molecule has 1 unspecified atom stereocenters. The molecule has 2 N–H and O–H groups in total. The molecule has 4 nitrogen and oxygen atoms in total. The van der Waals surface area contributed by atoms with Crippen molar-refractivity contribution in [3.8, 4) is 0 Å². The number of hydrogen-bond acceptors (Lipinski definition) is 2. The van der Waals surface area contributed by atoms with Gasteiger partial charge in [-0.3, -0.25) is 0 Å². The number of sulfonamides is 1. The minimum absolute atomic E-state index is 0.220. The van der Waals surface area contributed by atoms with Crippen molar-refractivity contribution in [1.82, 2.24) is 9.71 Å². The third kappa shape index (κ3) is 3.93. The summed E-state index contributed by atoms with van der Waals surface area (Å²) in [6.45, 7) is 0. The highest BCUT2D eigenvalue weighted by atomic mass is 79.9. The van der Waals surface area contributed by atoms with Gasteiger partial charge in [0.15, 0.2) is 0 Å². The maximum atomic E-state index is 13.1. The van der Waals surface area contributed by atoms with E-state index in [1.54, 1.807) is 24.3 Å². The van der Waals surface area contributed by atoms with Crippen LogP contribution in [0.15, 0.2) is 92.8 Å². The number of rotatable bonds is 5. The highest BCUT2D eigenvalue weighted by molar-refractivity contribution is 9.10. The van der Waals surface area contributed by atoms with Crippen LogP contribution < -0.4 is 4.72 Å². The molecule has 1 heterocycles. The Morgan fingerprint density at radius 3 is 2.25 bits per heavy atom. The van der Waals surface area contributed by atoms with Crippen LogP contribution in [0.4, 0.5) is 0 Å². The van der Waals surface area contributed by atoms with E-state index in [0.717, 1.165) is 31.0 Å². The summed E-state index contributed by atoms with van der Waals surface area (Å²) in [5.74, 6) is 0. The predicted molar refractivity (Wildman–Crippen MR) is 119 cm³/mol. The Morgan fingerprint density at radius 1 is 0.857 bits per heavy atom. The molecule has 3 aromatic carbocycles. The van der Waals surface area contributed by atoms with Crippen molar-refractivity contribution in [1.29, 1.82) is 0 Å². The quantitative estimate of drug-likeness (QED) is 0.352. The fourth-order valence-corrected chi connectivity index (χ4v) is 4.98. The van der Waals surface area contributed by atoms with Gasteiger partial charge in [-0.2, -0.15) is 4.72 Å². The van der Waals surface area contributed by atoms with E-state index in [1.165, 1.54) is 0 Å². The molecule has 0 aliphatic rings. The van der Waals surface area contributed by atoms with Gasteiger partial charge in [-0.25, -0.2) is 8.42 Å². The van der Waals surface area contributed by atoms with Crippen molar-refractivity contribution in [3.05, 3.63) is 99.1 Å². The number of benzene rings is 3. The van der Waals surface area contributed by atoms with E-state index >= 15 is 0 Å². The first-order valence-corrected chi connectivity index (χ1v) is 11.6. The Bertz CT molecular complexity index is 1220. The number of aromatic amines is 1. The van der Waals surface area contributed by atoms with Crippen LogP contribution in [0.5, 0.6) is 0 Å². The highest BCUT2D eigenvalue weighted by Crippen LogP contribution is 2.32. The molecule has 0 spiro atoms. The number of nitrogens with one attached hydrogen (secondary N) is 2. The molecular formula is C21H16Br2N2O2S. The molecule has 28 heavy (non-hydrogen) atoms. The molecule has 4 aromatic rings. The van der Waals surface area contributed by atoms with Crippen molar-refractivity contribution in [2.75, 3.05) is 0 Å². The monoisotopic (exact) mass is 518 g/mol. The highest BCUT2D eigenvalue weighted by Gasteiger charge is 2.25. The number of fused-ring (bicyclic) bond motifs is 1. The van der Waals surface area contributed by atoms with Crippen LogP contribution in [0.1, 0.15) is 17.2 Å². The summed E-state index contributed by atoms with van der Waals surface area (Å²) in [7, 11) is -3.73. The molecule has 7 heteroatoms. The van der Waals surface area contributed by atoms with E-state index in [4.69, 9.17) is 0 Å². The predicted octanol–water partition coefficient (Wildman–Crippen LogP) is 5.76. The molecule has 0 radical (unpaired) electrons. The van der Waals surface area contributed by atoms with Crippen molar-refractivity contribution in [2.45, 2.75) is 10.9 Å². The summed E-state index contributed by atoms with van der Waals surface area (Å²) in [5, 5.41) is 0.960. The Labute approximate surface area is 180 Å². The molecule has 0 fully saturated rings. The zero-order valence-corrected chi connectivity index (χ0v) is 18.6. The SMILES string of the molecule is O=S(=O)(NC(c1ccccc1)c1c[nH]c2ccc(Br)cc12)c1ccc(Br)cc1. The van der Waals surface area contributed by atoms with E-state index in [2.05, 4.69) is 41.6 Å². The lowest BCUT2D eigenvalue weighted by Crippen LogP contribution is -2.29. The third-order valence-electron chi connectivity index (χ3n) is 4.52. The average molecular weight is 520 g/mol. The second-order valence-corrected chi connectivity index (χ2v) is 9.90. The van der Waals surface area contributed by atoms with Crippen molar-refractivity contribution in [3.63, 3.8) is 0 Å². The normalized spacial score (nSPS) is 12.9. The molecule has 4 rings (SSSR count). The summed E-state index contributed by atoms with van der Waals surface area (Å²) in [5.41, 5.74) is 2.68. The van der Waals surface area contributed by atoms with Gasteiger partial charge in [0.1, 0.15) is 0 Å². The van der Waals surface area contributed by atoms with Crippen LogP contribution in [0.2, 0.25) is 0 Å². The Kier molecular flexibility index (Phi) is 5.42. The molecule has 0 aliphatic carbocycles. The standard InChI is InChI=1S/C21H16Br2N2O2S/c22-15-6-9-17(10-7-15)28(26,27)25-21(14-4-2-1-3-5-14)19-13-24-20-11-8-16(23)12-18(19)20/h1-13,21,24-25H. The number of halogens is 2. The molecule has 142 valence electrons. The molecule has 0 amide bonds. The molecule has 0 aliphatic heterocycles. The van der Waals surface area contributed by atoms with Crippen molar-refractivity contribution in [2.24, 2.45) is 0 Å². The van der Waals surface area contributed by atoms with Crippen molar-refractivity contribution < 1.29 is 8.42 Å². The fourth-order valence-electron chi connectivity index (χ4n) is 3.15. The second-order valence-electron chi connectivity index (χ2n) is 6.35. The van der Waals surface area contributed by atoms with Gasteiger partial charge in [-0.05, 0) is 53.6 Å². The lowest BCUT2D eigenvalue weighted by Gasteiger charge is -2.19. The lowest BCUT2D eigenvalue weighted by molar-refractivity contribution is 0.572. The number of hydrogen-bond donors (Lipinski definition) is 2. The van der Waals surface area contributed by atoms with Crippen LogP contribution in [0, 0.1) is 0 Å². The smallest absolute Gasteiger partial charge is 0.241 e. The molecule has 1 aromatic heterocycles. The van der Waals surface area contributed by atoms with E-state index in [-0.39, 0.29) is 4.90 Å². The Morgan fingerprint density at radius 2 is 1.54 bits per heavy atom. The van der Waals surface area contributed by atoms with Crippen LogP contribution in [-0.4, -0.2) is 13.4 Å². The summed E-state index contributed by atoms with van der Waals surface area (Å²) >= 11 is 6.85. The fraction of sp³-hybridized carbons (Fsp3) is 0.0476. The largest absolute Gasteiger partial charge is 0.361 e. The molecule has 1 atom stereocenters. The van der Waals surface area contributed by atoms with Gasteiger partial charge in [-0.15, -0.1) is 0 Å². The van der Waals surface area contributed by atoms with Gasteiger partial charge in [0.2, 0.25) is 10.0 Å². The van der Waals surface area contributed by atoms with Gasteiger partial charge in [-0.1, -0.05) is 62.2 Å². The van der Waals surface area contributed by atoms with Crippen LogP contribution in [0.3, 0.4) is 0 Å². The van der Waals surface area contributed by atoms with Crippen LogP contribution >= 0.6 is 31.9 Å². The lowest BCUT2D eigenvalue weighted by atomic mass is 9.99. The van der Waals surface area contributed by atoms with Gasteiger partial charge in [0.05, 0.1) is 10.9 Å². The maximum Gasteiger partial charge on any atom is 0.241 e. The molecular weight excluding hydrogens is 504 g/mol. The summed E-state index contributed by atoms with van der Waals surface area (Å²) in [6, 6.07) is 21.5. The first kappa shape index (κ1) is 19.4. The summed E-state index contributed by atoms with van der Waals surface area (Å²) < 4.78 is 30.8. The Hall–Kier alpha value is -1.93. The third-order valence-corrected chi connectivity index (χ3v) is 6.98. The number of aromatic nitrogens is 1. The summed E-state index contributed by atoms with van der Waals surface area (Å²) in [4.78, 5) is 3.46. The first-order valence-electron chi connectivity index (χ1n) is 8.53. The number of H-pyrrole nitrogens is 1. The molecule has 0 bridgehead atoms. The van der Waals surface area contributed by atoms with Gasteiger partial charge >= 0.3 is 0 Å². The van der Waals surface area contributed by atoms with Gasteiger partial charge in [0, 0.05) is 26.0 Å². The van der Waals surface area contributed by atoms with E-state index < -0.39 is 16.1 Å². The first-order chi connectivity index (χ1) is 13.4. The average Bonchev–Trinajstić information content (AvgIpc) is 3.10. The van der Waals surface area contributed by atoms with E-state index in [1.807, 2.05) is 54.7 Å². The van der Waals surface area contributed by atoms with Gasteiger partial charge in [0.25, 0.3) is 0 Å². The summed E-state index contributed by atoms with van der Waals surface area (Å²) in [6.07, 6.45) is 1.86. The van der Waals surface area contributed by atoms with Crippen LogP contribution in [0.25, 0.3) is 10.9 Å². The minimum Gasteiger partial charge on any atom is -0.361 e. The molecule has 0 saturated heterocycles. The van der Waals surface area contributed by atoms with Crippen LogP contribution in [-0.2, 0) is 10.0 Å². The van der Waals surface area contributed by atoms with Crippen molar-refractivity contribution >= 4 is 52.8 Å². The minimum atomic E-state index is -3.73.